The van der Waals surface area contributed by atoms with Crippen molar-refractivity contribution in [2.75, 3.05) is 18.0 Å². The third kappa shape index (κ3) is 2.53. The average molecular weight is 246 g/mol. The van der Waals surface area contributed by atoms with E-state index in [1.807, 2.05) is 6.07 Å². The van der Waals surface area contributed by atoms with E-state index in [0.29, 0.717) is 17.0 Å². The maximum absolute atomic E-state index is 11.1. The maximum atomic E-state index is 11.1. The number of piperidine rings is 1. The first-order chi connectivity index (χ1) is 8.61. The second kappa shape index (κ2) is 5.21. The molecule has 0 spiro atoms. The molecule has 2 N–H and O–H groups in total. The average Bonchev–Trinajstić information content (AvgIpc) is 2.37. The van der Waals surface area contributed by atoms with Gasteiger partial charge in [0.2, 0.25) is 5.91 Å². The maximum Gasteiger partial charge on any atom is 0.248 e. The van der Waals surface area contributed by atoms with Crippen molar-refractivity contribution in [1.29, 1.82) is 0 Å². The number of benzene rings is 1. The summed E-state index contributed by atoms with van der Waals surface area (Å²) in [5.41, 5.74) is 7.05. The Labute approximate surface area is 107 Å². The molecule has 1 saturated heterocycles. The van der Waals surface area contributed by atoms with Gasteiger partial charge in [0, 0.05) is 29.9 Å². The third-order valence-electron chi connectivity index (χ3n) is 3.44. The van der Waals surface area contributed by atoms with Crippen LogP contribution in [-0.2, 0) is 0 Å². The van der Waals surface area contributed by atoms with E-state index in [1.54, 1.807) is 12.1 Å². The summed E-state index contributed by atoms with van der Waals surface area (Å²) in [7, 11) is 0. The van der Waals surface area contributed by atoms with Crippen LogP contribution in [0.25, 0.3) is 0 Å². The van der Waals surface area contributed by atoms with E-state index in [-0.39, 0.29) is 0 Å². The second-order valence-corrected chi connectivity index (χ2v) is 4.95. The van der Waals surface area contributed by atoms with Crippen LogP contribution in [0.3, 0.4) is 0 Å². The van der Waals surface area contributed by atoms with Crippen LogP contribution in [0.15, 0.2) is 18.2 Å². The van der Waals surface area contributed by atoms with Crippen molar-refractivity contribution in [3.05, 3.63) is 29.3 Å². The van der Waals surface area contributed by atoms with Crippen LogP contribution in [0.2, 0.25) is 0 Å². The van der Waals surface area contributed by atoms with Gasteiger partial charge in [0.15, 0.2) is 6.29 Å². The van der Waals surface area contributed by atoms with Crippen LogP contribution < -0.4 is 10.6 Å². The molecule has 1 amide bonds. The zero-order valence-corrected chi connectivity index (χ0v) is 10.6. The molecular weight excluding hydrogens is 228 g/mol. The lowest BCUT2D eigenvalue weighted by molar-refractivity contribution is 0.100. The van der Waals surface area contributed by atoms with Crippen molar-refractivity contribution in [3.63, 3.8) is 0 Å². The van der Waals surface area contributed by atoms with Crippen molar-refractivity contribution in [3.8, 4) is 0 Å². The molecule has 18 heavy (non-hydrogen) atoms. The summed E-state index contributed by atoms with van der Waals surface area (Å²) in [6, 6.07) is 5.08. The Balaban J connectivity index is 2.32. The highest BCUT2D eigenvalue weighted by atomic mass is 16.1. The molecule has 4 nitrogen and oxygen atoms in total. The SMILES string of the molecule is CC1CCCN(c2ccc(C(N)=O)cc2C=O)C1. The van der Waals surface area contributed by atoms with Crippen LogP contribution in [0.1, 0.15) is 40.5 Å². The minimum atomic E-state index is -0.503. The Kier molecular flexibility index (Phi) is 3.65. The molecule has 2 rings (SSSR count). The number of hydrogen-bond acceptors (Lipinski definition) is 3. The summed E-state index contributed by atoms with van der Waals surface area (Å²) in [4.78, 5) is 24.5. The van der Waals surface area contributed by atoms with Crippen LogP contribution >= 0.6 is 0 Å². The second-order valence-electron chi connectivity index (χ2n) is 4.95. The fourth-order valence-corrected chi connectivity index (χ4v) is 2.50. The number of nitrogens with zero attached hydrogens (tertiary/aromatic N) is 1. The van der Waals surface area contributed by atoms with E-state index in [9.17, 15) is 9.59 Å². The Morgan fingerprint density at radius 3 is 2.89 bits per heavy atom. The first kappa shape index (κ1) is 12.6. The molecule has 0 aliphatic carbocycles. The molecule has 96 valence electrons. The molecule has 1 aliphatic rings. The molecule has 0 aromatic heterocycles. The quantitative estimate of drug-likeness (QED) is 0.828. The van der Waals surface area contributed by atoms with Crippen molar-refractivity contribution in [2.45, 2.75) is 19.8 Å². The van der Waals surface area contributed by atoms with Gasteiger partial charge >= 0.3 is 0 Å². The van der Waals surface area contributed by atoms with Crippen molar-refractivity contribution < 1.29 is 9.59 Å². The monoisotopic (exact) mass is 246 g/mol. The number of hydrogen-bond donors (Lipinski definition) is 1. The van der Waals surface area contributed by atoms with Gasteiger partial charge in [-0.3, -0.25) is 9.59 Å². The molecule has 1 aromatic carbocycles. The fraction of sp³-hybridized carbons (Fsp3) is 0.429. The van der Waals surface area contributed by atoms with E-state index in [4.69, 9.17) is 5.73 Å². The number of anilines is 1. The minimum absolute atomic E-state index is 0.380. The molecule has 4 heteroatoms. The van der Waals surface area contributed by atoms with Gasteiger partial charge in [-0.1, -0.05) is 6.92 Å². The van der Waals surface area contributed by atoms with Crippen molar-refractivity contribution >= 4 is 17.9 Å². The summed E-state index contributed by atoms with van der Waals surface area (Å²) in [5.74, 6) is 0.130. The summed E-state index contributed by atoms with van der Waals surface area (Å²) in [5, 5.41) is 0. The molecule has 0 bridgehead atoms. The molecule has 1 atom stereocenters. The smallest absolute Gasteiger partial charge is 0.248 e. The predicted molar refractivity (Wildman–Crippen MR) is 71.0 cm³/mol. The van der Waals surface area contributed by atoms with E-state index in [1.165, 1.54) is 6.42 Å². The first-order valence-corrected chi connectivity index (χ1v) is 6.26. The summed E-state index contributed by atoms with van der Waals surface area (Å²) in [6.07, 6.45) is 3.16. The van der Waals surface area contributed by atoms with Crippen LogP contribution in [0.5, 0.6) is 0 Å². The van der Waals surface area contributed by atoms with Gasteiger partial charge < -0.3 is 10.6 Å². The molecule has 0 saturated carbocycles. The van der Waals surface area contributed by atoms with Crippen LogP contribution in [0.4, 0.5) is 5.69 Å². The minimum Gasteiger partial charge on any atom is -0.371 e. The highest BCUT2D eigenvalue weighted by molar-refractivity contribution is 5.96. The first-order valence-electron chi connectivity index (χ1n) is 6.26. The topological polar surface area (TPSA) is 63.4 Å². The Morgan fingerprint density at radius 1 is 1.50 bits per heavy atom. The Hall–Kier alpha value is -1.84. The molecule has 1 fully saturated rings. The Morgan fingerprint density at radius 2 is 2.28 bits per heavy atom. The normalized spacial score (nSPS) is 19.6. The lowest BCUT2D eigenvalue weighted by Crippen LogP contribution is -2.34. The number of carbonyl (C=O) groups is 2. The van der Waals surface area contributed by atoms with E-state index < -0.39 is 5.91 Å². The van der Waals surface area contributed by atoms with Gasteiger partial charge in [-0.2, -0.15) is 0 Å². The fourth-order valence-electron chi connectivity index (χ4n) is 2.50. The summed E-state index contributed by atoms with van der Waals surface area (Å²) >= 11 is 0. The van der Waals surface area contributed by atoms with E-state index >= 15 is 0 Å². The number of carbonyl (C=O) groups excluding carboxylic acids is 2. The van der Waals surface area contributed by atoms with Gasteiger partial charge in [-0.25, -0.2) is 0 Å². The highest BCUT2D eigenvalue weighted by Crippen LogP contribution is 2.26. The van der Waals surface area contributed by atoms with Crippen LogP contribution in [-0.4, -0.2) is 25.3 Å². The lowest BCUT2D eigenvalue weighted by Gasteiger charge is -2.33. The zero-order valence-electron chi connectivity index (χ0n) is 10.6. The van der Waals surface area contributed by atoms with Crippen molar-refractivity contribution in [1.82, 2.24) is 0 Å². The van der Waals surface area contributed by atoms with E-state index in [2.05, 4.69) is 11.8 Å². The molecule has 1 unspecified atom stereocenters. The largest absolute Gasteiger partial charge is 0.371 e. The van der Waals surface area contributed by atoms with Gasteiger partial charge in [0.05, 0.1) is 0 Å². The highest BCUT2D eigenvalue weighted by Gasteiger charge is 2.19. The number of rotatable bonds is 3. The number of amides is 1. The molecule has 1 aromatic rings. The van der Waals surface area contributed by atoms with Gasteiger partial charge in [-0.15, -0.1) is 0 Å². The molecule has 1 aliphatic heterocycles. The van der Waals surface area contributed by atoms with E-state index in [0.717, 1.165) is 31.5 Å². The molecular formula is C14H18N2O2. The lowest BCUT2D eigenvalue weighted by atomic mass is 9.98. The molecule has 0 radical (unpaired) electrons. The number of aldehydes is 1. The van der Waals surface area contributed by atoms with Gasteiger partial charge in [-0.05, 0) is 37.0 Å². The summed E-state index contributed by atoms with van der Waals surface area (Å²) < 4.78 is 0. The summed E-state index contributed by atoms with van der Waals surface area (Å²) in [6.45, 7) is 4.13. The van der Waals surface area contributed by atoms with Crippen molar-refractivity contribution in [2.24, 2.45) is 11.7 Å². The van der Waals surface area contributed by atoms with Gasteiger partial charge in [0.1, 0.15) is 0 Å². The van der Waals surface area contributed by atoms with Gasteiger partial charge in [0.25, 0.3) is 0 Å². The zero-order chi connectivity index (χ0) is 13.1. The number of nitrogens with two attached hydrogens (primary N) is 1. The predicted octanol–water partition coefficient (Wildman–Crippen LogP) is 1.83. The standard InChI is InChI=1S/C14H18N2O2/c1-10-3-2-6-16(8-10)13-5-4-11(14(15)18)7-12(13)9-17/h4-5,7,9-10H,2-3,6,8H2,1H3,(H2,15,18). The Bertz CT molecular complexity index is 471. The number of primary amides is 1. The third-order valence-corrected chi connectivity index (χ3v) is 3.44. The molecule has 1 heterocycles. The van der Waals surface area contributed by atoms with Crippen LogP contribution in [0, 0.1) is 5.92 Å².